The van der Waals surface area contributed by atoms with E-state index in [1.54, 1.807) is 14.2 Å². The van der Waals surface area contributed by atoms with Crippen LogP contribution in [0.3, 0.4) is 0 Å². The number of nitrogens with one attached hydrogen (secondary N) is 1. The molecule has 1 aromatic rings. The third-order valence-corrected chi connectivity index (χ3v) is 1.02. The third kappa shape index (κ3) is 7.39. The molecule has 15 heavy (non-hydrogen) atoms. The Balaban J connectivity index is 0. The van der Waals surface area contributed by atoms with Gasteiger partial charge in [0.15, 0.2) is 6.29 Å². The Morgan fingerprint density at radius 1 is 1.47 bits per heavy atom. The predicted octanol–water partition coefficient (Wildman–Crippen LogP) is 2.02. The zero-order chi connectivity index (χ0) is 12.3. The number of carbonyl (C=O) groups is 1. The summed E-state index contributed by atoms with van der Waals surface area (Å²) in [6, 6.07) is 1.17. The van der Waals surface area contributed by atoms with Gasteiger partial charge in [-0.05, 0) is 4.92 Å². The molecule has 1 heterocycles. The number of aldehydes is 1. The van der Waals surface area contributed by atoms with Crippen LogP contribution in [0, 0.1) is 10.1 Å². The fourth-order valence-corrected chi connectivity index (χ4v) is 0.572. The number of hydrogen-bond acceptors (Lipinski definition) is 4. The Bertz CT molecular complexity index is 283. The number of aromatic amines is 1. The van der Waals surface area contributed by atoms with Crippen LogP contribution in [0.15, 0.2) is 12.3 Å². The zero-order valence-electron chi connectivity index (χ0n) is 9.31. The molecule has 0 bridgehead atoms. The van der Waals surface area contributed by atoms with Crippen molar-refractivity contribution < 1.29 is 14.5 Å². The summed E-state index contributed by atoms with van der Waals surface area (Å²) in [7, 11) is 3.25. The minimum atomic E-state index is -0.590. The first-order valence-electron chi connectivity index (χ1n) is 4.33. The SMILES string of the molecule is CC.COC.O=Cc1c[nH]c([N+](=O)[O-])c1. The van der Waals surface area contributed by atoms with Crippen LogP contribution in [0.2, 0.25) is 0 Å². The Labute approximate surface area is 88.4 Å². The van der Waals surface area contributed by atoms with E-state index in [0.717, 1.165) is 0 Å². The number of nitro groups is 1. The fourth-order valence-electron chi connectivity index (χ4n) is 0.572. The molecule has 0 amide bonds. The van der Waals surface area contributed by atoms with Crippen LogP contribution < -0.4 is 0 Å². The van der Waals surface area contributed by atoms with E-state index in [4.69, 9.17) is 0 Å². The van der Waals surface area contributed by atoms with Gasteiger partial charge in [-0.2, -0.15) is 0 Å². The summed E-state index contributed by atoms with van der Waals surface area (Å²) in [6.45, 7) is 4.00. The van der Waals surface area contributed by atoms with Gasteiger partial charge >= 0.3 is 5.82 Å². The summed E-state index contributed by atoms with van der Waals surface area (Å²) in [5.74, 6) is -0.165. The molecule has 6 nitrogen and oxygen atoms in total. The summed E-state index contributed by atoms with van der Waals surface area (Å²) in [4.78, 5) is 21.7. The van der Waals surface area contributed by atoms with Gasteiger partial charge in [0.25, 0.3) is 0 Å². The number of rotatable bonds is 2. The van der Waals surface area contributed by atoms with E-state index in [1.807, 2.05) is 13.8 Å². The molecule has 0 fully saturated rings. The van der Waals surface area contributed by atoms with Crippen LogP contribution in [-0.4, -0.2) is 30.4 Å². The van der Waals surface area contributed by atoms with Crippen molar-refractivity contribution in [2.24, 2.45) is 0 Å². The van der Waals surface area contributed by atoms with Gasteiger partial charge in [-0.3, -0.25) is 4.79 Å². The molecule has 1 rings (SSSR count). The number of aromatic nitrogens is 1. The molecule has 0 aliphatic heterocycles. The van der Waals surface area contributed by atoms with E-state index in [2.05, 4.69) is 9.72 Å². The van der Waals surface area contributed by atoms with Crippen LogP contribution in [0.25, 0.3) is 0 Å². The molecule has 1 N–H and O–H groups in total. The Morgan fingerprint density at radius 2 is 1.93 bits per heavy atom. The highest BCUT2D eigenvalue weighted by molar-refractivity contribution is 5.75. The molecule has 0 aliphatic carbocycles. The van der Waals surface area contributed by atoms with Gasteiger partial charge in [0.2, 0.25) is 0 Å². The molecule has 0 unspecified atom stereocenters. The standard InChI is InChI=1S/C5H4N2O3.C2H6O.C2H6/c8-3-4-1-5(6-2-4)7(9)10;1-3-2;1-2/h1-3,6H;1-2H3;1-2H3. The van der Waals surface area contributed by atoms with Crippen LogP contribution >= 0.6 is 0 Å². The average Bonchev–Trinajstić information content (AvgIpc) is 2.70. The normalized spacial score (nSPS) is 7.73. The van der Waals surface area contributed by atoms with Gasteiger partial charge in [-0.15, -0.1) is 0 Å². The Morgan fingerprint density at radius 3 is 2.13 bits per heavy atom. The Kier molecular flexibility index (Phi) is 10.9. The first-order chi connectivity index (χ1) is 7.15. The smallest absolute Gasteiger partial charge is 0.321 e. The van der Waals surface area contributed by atoms with Gasteiger partial charge in [-0.1, -0.05) is 13.8 Å². The molecule has 0 saturated heterocycles. The average molecular weight is 216 g/mol. The van der Waals surface area contributed by atoms with E-state index in [1.165, 1.54) is 12.3 Å². The van der Waals surface area contributed by atoms with Crippen molar-refractivity contribution in [3.8, 4) is 0 Å². The maximum Gasteiger partial charge on any atom is 0.321 e. The number of H-pyrrole nitrogens is 1. The highest BCUT2D eigenvalue weighted by atomic mass is 16.6. The monoisotopic (exact) mass is 216 g/mol. The van der Waals surface area contributed by atoms with Crippen molar-refractivity contribution in [1.82, 2.24) is 4.98 Å². The number of ether oxygens (including phenoxy) is 1. The molecule has 86 valence electrons. The number of carbonyl (C=O) groups excluding carboxylic acids is 1. The molecule has 0 aromatic carbocycles. The van der Waals surface area contributed by atoms with E-state index in [-0.39, 0.29) is 11.4 Å². The molecule has 6 heteroatoms. The highest BCUT2D eigenvalue weighted by Crippen LogP contribution is 2.08. The van der Waals surface area contributed by atoms with Crippen LogP contribution in [-0.2, 0) is 4.74 Å². The van der Waals surface area contributed by atoms with Gasteiger partial charge in [0.1, 0.15) is 0 Å². The van der Waals surface area contributed by atoms with Crippen LogP contribution in [0.5, 0.6) is 0 Å². The summed E-state index contributed by atoms with van der Waals surface area (Å²) < 4.78 is 4.25. The maximum atomic E-state index is 10.00. The quantitative estimate of drug-likeness (QED) is 0.465. The second-order valence-corrected chi connectivity index (χ2v) is 2.10. The lowest BCUT2D eigenvalue weighted by molar-refractivity contribution is -0.389. The fraction of sp³-hybridized carbons (Fsp3) is 0.444. The van der Waals surface area contributed by atoms with Crippen molar-refractivity contribution in [2.45, 2.75) is 13.8 Å². The van der Waals surface area contributed by atoms with Gasteiger partial charge < -0.3 is 14.9 Å². The molecule has 1 aromatic heterocycles. The van der Waals surface area contributed by atoms with Crippen molar-refractivity contribution in [2.75, 3.05) is 14.2 Å². The summed E-state index contributed by atoms with van der Waals surface area (Å²) >= 11 is 0. The number of nitrogens with zero attached hydrogens (tertiary/aromatic N) is 1. The first-order valence-corrected chi connectivity index (χ1v) is 4.33. The minimum Gasteiger partial charge on any atom is -0.388 e. The lowest BCUT2D eigenvalue weighted by Gasteiger charge is -1.84. The van der Waals surface area contributed by atoms with Crippen molar-refractivity contribution in [3.63, 3.8) is 0 Å². The van der Waals surface area contributed by atoms with Crippen LogP contribution in [0.4, 0.5) is 5.82 Å². The van der Waals surface area contributed by atoms with Gasteiger partial charge in [0, 0.05) is 20.3 Å². The summed E-state index contributed by atoms with van der Waals surface area (Å²) in [6.07, 6.45) is 1.83. The lowest BCUT2D eigenvalue weighted by atomic mass is 10.4. The second kappa shape index (κ2) is 10.4. The second-order valence-electron chi connectivity index (χ2n) is 2.10. The lowest BCUT2D eigenvalue weighted by Crippen LogP contribution is -1.85. The zero-order valence-corrected chi connectivity index (χ0v) is 9.31. The molecule has 0 atom stereocenters. The van der Waals surface area contributed by atoms with Gasteiger partial charge in [0.05, 0.1) is 11.8 Å². The van der Waals surface area contributed by atoms with Crippen LogP contribution in [0.1, 0.15) is 24.2 Å². The van der Waals surface area contributed by atoms with E-state index >= 15 is 0 Å². The highest BCUT2D eigenvalue weighted by Gasteiger charge is 2.05. The minimum absolute atomic E-state index is 0.165. The number of methoxy groups -OCH3 is 1. The van der Waals surface area contributed by atoms with Crippen molar-refractivity contribution >= 4 is 12.1 Å². The summed E-state index contributed by atoms with van der Waals surface area (Å²) in [5, 5.41) is 9.99. The van der Waals surface area contributed by atoms with Gasteiger partial charge in [-0.25, -0.2) is 4.98 Å². The number of hydrogen-bond donors (Lipinski definition) is 1. The van der Waals surface area contributed by atoms with E-state index in [9.17, 15) is 14.9 Å². The van der Waals surface area contributed by atoms with E-state index in [0.29, 0.717) is 6.29 Å². The largest absolute Gasteiger partial charge is 0.388 e. The van der Waals surface area contributed by atoms with Crippen molar-refractivity contribution in [3.05, 3.63) is 27.9 Å². The molecule has 0 spiro atoms. The molecular formula is C9H16N2O4. The summed E-state index contributed by atoms with van der Waals surface area (Å²) in [5.41, 5.74) is 0.284. The van der Waals surface area contributed by atoms with E-state index < -0.39 is 4.92 Å². The molecule has 0 aliphatic rings. The molecule has 0 radical (unpaired) electrons. The topological polar surface area (TPSA) is 85.2 Å². The molecular weight excluding hydrogens is 200 g/mol. The molecule has 0 saturated carbocycles. The third-order valence-electron chi connectivity index (χ3n) is 1.02. The maximum absolute atomic E-state index is 10.00. The van der Waals surface area contributed by atoms with Crippen molar-refractivity contribution in [1.29, 1.82) is 0 Å². The first kappa shape index (κ1) is 15.8. The Hall–Kier alpha value is -1.69. The predicted molar refractivity (Wildman–Crippen MR) is 57.1 cm³/mol.